The molecule has 0 fully saturated rings. The predicted molar refractivity (Wildman–Crippen MR) is 216 cm³/mol. The molecule has 6 N–H and O–H groups in total. The van der Waals surface area contributed by atoms with Crippen LogP contribution in [0.25, 0.3) is 11.3 Å². The first kappa shape index (κ1) is 53.4. The number of hydrogen-bond donors (Lipinski definition) is 6. The maximum atomic E-state index is 15.8. The van der Waals surface area contributed by atoms with Gasteiger partial charge in [0.2, 0.25) is 5.91 Å². The number of aromatic nitrogens is 2. The number of ether oxygens (including phenoxy) is 1. The molecule has 0 aliphatic rings. The Morgan fingerprint density at radius 3 is 1.78 bits per heavy atom. The van der Waals surface area contributed by atoms with Crippen molar-refractivity contribution < 1.29 is 78.0 Å². The highest BCUT2D eigenvalue weighted by atomic mass is 127. The molecule has 0 bridgehead atoms. The number of rotatable bonds is 17. The first-order valence-electron chi connectivity index (χ1n) is 18.9. The molecule has 1 heterocycles. The van der Waals surface area contributed by atoms with E-state index in [2.05, 4.69) is 10.4 Å². The minimum Gasteiger partial charge on any atom is -0.465 e. The van der Waals surface area contributed by atoms with Crippen LogP contribution < -0.4 is 21.4 Å². The van der Waals surface area contributed by atoms with Crippen molar-refractivity contribution in [3.8, 4) is 11.3 Å². The Kier molecular flexibility index (Phi) is 17.1. The van der Waals surface area contributed by atoms with Gasteiger partial charge < -0.3 is 30.9 Å². The van der Waals surface area contributed by atoms with Crippen molar-refractivity contribution in [1.29, 1.82) is 0 Å². The van der Waals surface area contributed by atoms with Gasteiger partial charge in [0.15, 0.2) is 0 Å². The van der Waals surface area contributed by atoms with Crippen molar-refractivity contribution in [2.75, 3.05) is 6.54 Å². The summed E-state index contributed by atoms with van der Waals surface area (Å²) in [6.07, 6.45) is -15.7. The lowest BCUT2D eigenvalue weighted by Gasteiger charge is -2.38. The molecule has 0 spiro atoms. The molecule has 25 heteroatoms. The van der Waals surface area contributed by atoms with Crippen LogP contribution in [0.2, 0.25) is 0 Å². The van der Waals surface area contributed by atoms with Gasteiger partial charge >= 0.3 is 31.1 Å². The van der Waals surface area contributed by atoms with Crippen LogP contribution in [0.3, 0.4) is 0 Å². The molecule has 0 saturated carbocycles. The number of aliphatic hydroxyl groups is 1. The highest BCUT2D eigenvalue weighted by Crippen LogP contribution is 2.42. The van der Waals surface area contributed by atoms with Crippen LogP contribution >= 0.6 is 22.6 Å². The van der Waals surface area contributed by atoms with Crippen LogP contribution in [-0.4, -0.2) is 97.7 Å². The SMILES string of the molecule is CC(C)(C)OC(=O)N[C@H](C(=O)N[C@@H](Cc1ccc(I)cc1)[C@@H](O)CN(Cc1c(F)cc(-c2ccn(C(F)F)n2)cc1F)NC(=O)[C@@H](NC(=O)O)C(C)(C)C(F)(F)F)C(C)(C)C(F)(F)F. The minimum absolute atomic E-state index is 0.188. The van der Waals surface area contributed by atoms with Crippen molar-refractivity contribution in [2.45, 2.75) is 110 Å². The largest absolute Gasteiger partial charge is 0.465 e. The molecule has 64 heavy (non-hydrogen) atoms. The summed E-state index contributed by atoms with van der Waals surface area (Å²) in [6, 6.07) is 1.62. The van der Waals surface area contributed by atoms with E-state index in [0.717, 1.165) is 12.3 Å². The van der Waals surface area contributed by atoms with E-state index in [-0.39, 0.29) is 15.9 Å². The van der Waals surface area contributed by atoms with Gasteiger partial charge in [0, 0.05) is 34.0 Å². The number of halogens is 11. The van der Waals surface area contributed by atoms with E-state index in [1.54, 1.807) is 12.1 Å². The molecule has 0 unspecified atom stereocenters. The van der Waals surface area contributed by atoms with E-state index in [0.29, 0.717) is 54.0 Å². The van der Waals surface area contributed by atoms with E-state index in [9.17, 15) is 64.5 Å². The number of aliphatic hydroxyl groups excluding tert-OH is 1. The molecule has 3 aromatic rings. The maximum Gasteiger partial charge on any atom is 0.408 e. The number of hydrogen-bond acceptors (Lipinski definition) is 8. The van der Waals surface area contributed by atoms with Crippen LogP contribution in [0.5, 0.6) is 0 Å². The zero-order valence-corrected chi connectivity index (χ0v) is 37.2. The predicted octanol–water partition coefficient (Wildman–Crippen LogP) is 7.46. The smallest absolute Gasteiger partial charge is 0.408 e. The van der Waals surface area contributed by atoms with Crippen molar-refractivity contribution in [2.24, 2.45) is 10.8 Å². The summed E-state index contributed by atoms with van der Waals surface area (Å²) >= 11 is 1.95. The summed E-state index contributed by atoms with van der Waals surface area (Å²) in [7, 11) is 0. The summed E-state index contributed by atoms with van der Waals surface area (Å²) in [5.41, 5.74) is -6.80. The van der Waals surface area contributed by atoms with E-state index in [1.807, 2.05) is 33.3 Å². The number of benzene rings is 2. The van der Waals surface area contributed by atoms with Crippen LogP contribution in [0.15, 0.2) is 48.7 Å². The molecule has 0 saturated heterocycles. The monoisotopic (exact) mass is 1040 g/mol. The van der Waals surface area contributed by atoms with Crippen LogP contribution in [-0.2, 0) is 27.3 Å². The second-order valence-electron chi connectivity index (χ2n) is 16.6. The number of alkyl halides is 8. The second kappa shape index (κ2) is 20.5. The average molecular weight is 1040 g/mol. The first-order valence-corrected chi connectivity index (χ1v) is 19.9. The van der Waals surface area contributed by atoms with Gasteiger partial charge in [-0.15, -0.1) is 0 Å². The molecular formula is C39H46F10IN7O7. The summed E-state index contributed by atoms with van der Waals surface area (Å²) in [6.45, 7) is 0.939. The lowest BCUT2D eigenvalue weighted by molar-refractivity contribution is -0.221. The number of nitrogens with one attached hydrogen (secondary N) is 4. The zero-order chi connectivity index (χ0) is 48.9. The van der Waals surface area contributed by atoms with Gasteiger partial charge in [-0.2, -0.15) is 40.2 Å². The molecule has 4 amide bonds. The number of carbonyl (C=O) groups is 4. The summed E-state index contributed by atoms with van der Waals surface area (Å²) in [4.78, 5) is 52.0. The Labute approximate surface area is 373 Å². The maximum absolute atomic E-state index is 15.8. The summed E-state index contributed by atoms with van der Waals surface area (Å²) < 4.78 is 150. The molecule has 0 aliphatic carbocycles. The Morgan fingerprint density at radius 1 is 0.812 bits per heavy atom. The number of hydrazine groups is 1. The van der Waals surface area contributed by atoms with Crippen molar-refractivity contribution >= 4 is 46.6 Å². The number of alkyl carbamates (subject to hydrolysis) is 1. The molecule has 0 aliphatic heterocycles. The molecule has 3 rings (SSSR count). The number of carboxylic acid groups (broad SMARTS) is 1. The van der Waals surface area contributed by atoms with E-state index in [4.69, 9.17) is 4.74 Å². The third-order valence-electron chi connectivity index (χ3n) is 9.79. The van der Waals surface area contributed by atoms with Gasteiger partial charge in [0.1, 0.15) is 29.3 Å². The van der Waals surface area contributed by atoms with Crippen molar-refractivity contribution in [1.82, 2.24) is 36.2 Å². The first-order chi connectivity index (χ1) is 29.1. The normalized spacial score (nSPS) is 14.7. The third-order valence-corrected chi connectivity index (χ3v) is 10.5. The number of carbonyl (C=O) groups excluding carboxylic acids is 3. The lowest BCUT2D eigenvalue weighted by Crippen LogP contribution is -2.63. The van der Waals surface area contributed by atoms with Gasteiger partial charge in [0.05, 0.1) is 28.7 Å². The standard InChI is InChI=1S/C39H46F10IN7O7/c1-35(2,3)64-34(63)53-28(36(4,5)38(44,45)46)30(59)51-26(14-19-8-10-21(50)11-9-19)27(58)18-56(55-31(60)29(52-33(61)62)37(6,7)39(47,48)49)17-22-23(40)15-20(16-24(22)41)25-12-13-57(54-25)32(42)43/h8-13,15-16,26-29,32,52,58H,14,17-18H2,1-7H3,(H,51,59)(H,53,63)(H,55,60)(H,61,62)/t26-,27-,28+,29+/m0/s1. The Morgan fingerprint density at radius 2 is 1.33 bits per heavy atom. The third kappa shape index (κ3) is 14.0. The fourth-order valence-electron chi connectivity index (χ4n) is 5.86. The highest BCUT2D eigenvalue weighted by Gasteiger charge is 2.57. The number of amides is 4. The quantitative estimate of drug-likeness (QED) is 0.0454. The lowest BCUT2D eigenvalue weighted by atomic mass is 9.82. The van der Waals surface area contributed by atoms with Gasteiger partial charge in [-0.3, -0.25) is 15.0 Å². The fraction of sp³-hybridized carbons (Fsp3) is 0.513. The van der Waals surface area contributed by atoms with Gasteiger partial charge in [-0.1, -0.05) is 12.1 Å². The summed E-state index contributed by atoms with van der Waals surface area (Å²) in [5.74, 6) is -6.16. The topological polar surface area (TPSA) is 187 Å². The fourth-order valence-corrected chi connectivity index (χ4v) is 6.22. The van der Waals surface area contributed by atoms with Gasteiger partial charge in [-0.25, -0.2) is 28.1 Å². The molecule has 4 atom stereocenters. The molecule has 1 aromatic heterocycles. The molecular weight excluding hydrogens is 995 g/mol. The molecule has 0 radical (unpaired) electrons. The number of nitrogens with zero attached hydrogens (tertiary/aromatic N) is 3. The van der Waals surface area contributed by atoms with Crippen LogP contribution in [0.1, 0.15) is 66.1 Å². The zero-order valence-electron chi connectivity index (χ0n) is 35.1. The Hall–Kier alpha value is -4.92. The van der Waals surface area contributed by atoms with Crippen molar-refractivity contribution in [3.05, 3.63) is 75.0 Å². The molecule has 2 aromatic carbocycles. The van der Waals surface area contributed by atoms with Crippen LogP contribution in [0, 0.1) is 26.0 Å². The van der Waals surface area contributed by atoms with E-state index < -0.39 is 120 Å². The summed E-state index contributed by atoms with van der Waals surface area (Å²) in [5, 5.41) is 30.8. The van der Waals surface area contributed by atoms with Crippen molar-refractivity contribution in [3.63, 3.8) is 0 Å². The van der Waals surface area contributed by atoms with Crippen LogP contribution in [0.4, 0.5) is 53.5 Å². The van der Waals surface area contributed by atoms with E-state index >= 15 is 8.78 Å². The molecule has 14 nitrogen and oxygen atoms in total. The highest BCUT2D eigenvalue weighted by molar-refractivity contribution is 14.1. The Balaban J connectivity index is 2.16. The Bertz CT molecular complexity index is 2110. The second-order valence-corrected chi connectivity index (χ2v) is 17.9. The minimum atomic E-state index is -5.26. The van der Waals surface area contributed by atoms with Gasteiger partial charge in [-0.05, 0) is 113 Å². The van der Waals surface area contributed by atoms with E-state index in [1.165, 1.54) is 38.2 Å². The average Bonchev–Trinajstić information content (AvgIpc) is 3.64. The molecule has 356 valence electrons. The van der Waals surface area contributed by atoms with Gasteiger partial charge in [0.25, 0.3) is 5.91 Å².